The number of hydrogen-bond acceptors (Lipinski definition) is 11. The van der Waals surface area contributed by atoms with E-state index >= 15 is 0 Å². The maximum atomic E-state index is 13.5. The molecule has 8 N–H and O–H groups in total. The number of benzene rings is 6. The number of amides is 2. The number of phenols is 2. The van der Waals surface area contributed by atoms with Gasteiger partial charge >= 0.3 is 6.03 Å². The fourth-order valence-corrected chi connectivity index (χ4v) is 9.90. The second kappa shape index (κ2) is 14.3. The summed E-state index contributed by atoms with van der Waals surface area (Å²) < 4.78 is 127. The average Bonchev–Trinajstić information content (AvgIpc) is 3.08. The van der Waals surface area contributed by atoms with Crippen LogP contribution in [0, 0.1) is 13.8 Å². The van der Waals surface area contributed by atoms with Crippen LogP contribution in [0.5, 0.6) is 11.5 Å². The quantitative estimate of drug-likeness (QED) is 0.0763. The van der Waals surface area contributed by atoms with Crippen molar-refractivity contribution >= 4 is 90.6 Å². The predicted octanol–water partition coefficient (Wildman–Crippen LogP) is 5.76. The highest BCUT2D eigenvalue weighted by Crippen LogP contribution is 2.34. The minimum atomic E-state index is -4.86. The maximum absolute atomic E-state index is 13.5. The maximum Gasteiger partial charge on any atom is 0.323 e. The SMILES string of the molecule is Cc1ccc(NC(=O)Nc2ccc(C)c(S(=O)(=O)Nc3cc(S(=O)(=O)O)c4cc(O)ccc4c3)c2)cc1S(=O)(=O)Nc1cc(S(=O)(=O)O)c2cc(O)ccc2c1. The van der Waals surface area contributed by atoms with Gasteiger partial charge in [0.2, 0.25) is 0 Å². The van der Waals surface area contributed by atoms with Crippen molar-refractivity contribution in [3.8, 4) is 11.5 Å². The van der Waals surface area contributed by atoms with Crippen molar-refractivity contribution in [3.63, 3.8) is 0 Å². The van der Waals surface area contributed by atoms with Crippen molar-refractivity contribution in [3.05, 3.63) is 108 Å². The van der Waals surface area contributed by atoms with Gasteiger partial charge in [-0.15, -0.1) is 0 Å². The molecule has 56 heavy (non-hydrogen) atoms. The van der Waals surface area contributed by atoms with Crippen molar-refractivity contribution in [2.75, 3.05) is 20.1 Å². The van der Waals surface area contributed by atoms with Crippen molar-refractivity contribution in [1.82, 2.24) is 0 Å². The Hall–Kier alpha value is -5.97. The lowest BCUT2D eigenvalue weighted by atomic mass is 10.1. The first kappa shape index (κ1) is 39.7. The lowest BCUT2D eigenvalue weighted by Crippen LogP contribution is -2.21. The molecule has 0 bridgehead atoms. The lowest BCUT2D eigenvalue weighted by Gasteiger charge is -2.15. The molecule has 6 rings (SSSR count). The third-order valence-corrected chi connectivity index (χ3v) is 13.2. The zero-order valence-corrected chi connectivity index (χ0v) is 32.1. The summed E-state index contributed by atoms with van der Waals surface area (Å²) >= 11 is 0. The van der Waals surface area contributed by atoms with Crippen LogP contribution < -0.4 is 20.1 Å². The summed E-state index contributed by atoms with van der Waals surface area (Å²) in [6, 6.07) is 18.6. The fourth-order valence-electron chi connectivity index (χ4n) is 5.82. The molecule has 0 saturated heterocycles. The molecule has 17 nitrogen and oxygen atoms in total. The summed E-state index contributed by atoms with van der Waals surface area (Å²) in [4.78, 5) is 11.1. The lowest BCUT2D eigenvalue weighted by molar-refractivity contribution is 0.262. The van der Waals surface area contributed by atoms with Crippen LogP contribution in [0.1, 0.15) is 11.1 Å². The van der Waals surface area contributed by atoms with E-state index in [2.05, 4.69) is 20.1 Å². The standard InChI is InChI=1S/C35H30N4O13S4/c1-19-3-7-23(13-31(19)53(43,44)38-25-11-21-5-9-27(40)17-29(21)33(15-25)55(47,48)49)36-35(42)37-24-8-4-20(2)32(14-24)54(45,46)39-26-12-22-6-10-28(41)18-30(22)34(16-26)56(50,51)52/h3-18,38-41H,1-2H3,(H2,36,37,42)(H,47,48,49)(H,50,51,52). The van der Waals surface area contributed by atoms with Crippen LogP contribution in [0.2, 0.25) is 0 Å². The van der Waals surface area contributed by atoms with Crippen LogP contribution in [-0.4, -0.2) is 59.0 Å². The minimum absolute atomic E-state index is 0.0121. The topological polar surface area (TPSA) is 283 Å². The van der Waals surface area contributed by atoms with Crippen LogP contribution in [0.25, 0.3) is 21.5 Å². The number of urea groups is 1. The van der Waals surface area contributed by atoms with Gasteiger partial charge in [0.25, 0.3) is 40.3 Å². The molecule has 0 unspecified atom stereocenters. The van der Waals surface area contributed by atoms with Gasteiger partial charge in [0.15, 0.2) is 0 Å². The van der Waals surface area contributed by atoms with Crippen LogP contribution in [0.15, 0.2) is 117 Å². The number of carbonyl (C=O) groups is 1. The Morgan fingerprint density at radius 3 is 1.18 bits per heavy atom. The van der Waals surface area contributed by atoms with Crippen molar-refractivity contribution < 1.29 is 57.8 Å². The van der Waals surface area contributed by atoms with Gasteiger partial charge < -0.3 is 20.8 Å². The monoisotopic (exact) mass is 842 g/mol. The number of aromatic hydroxyl groups is 2. The van der Waals surface area contributed by atoms with Crippen LogP contribution in [0.3, 0.4) is 0 Å². The number of phenolic OH excluding ortho intramolecular Hbond substituents is 2. The molecule has 0 saturated carbocycles. The molecule has 0 aliphatic heterocycles. The molecular formula is C35H30N4O13S4. The number of hydrogen-bond donors (Lipinski definition) is 8. The molecule has 0 aromatic heterocycles. The molecule has 292 valence electrons. The fraction of sp³-hybridized carbons (Fsp3) is 0.0571. The summed E-state index contributed by atoms with van der Waals surface area (Å²) in [5.74, 6) is -0.575. The molecule has 0 atom stereocenters. The first-order chi connectivity index (χ1) is 26.0. The zero-order valence-electron chi connectivity index (χ0n) is 28.8. The summed E-state index contributed by atoms with van der Waals surface area (Å²) in [5, 5.41) is 24.8. The Kier molecular flexibility index (Phi) is 10.1. The van der Waals surface area contributed by atoms with Gasteiger partial charge in [-0.05, 0) is 109 Å². The smallest absolute Gasteiger partial charge is 0.323 e. The highest BCUT2D eigenvalue weighted by atomic mass is 32.2. The third-order valence-electron chi connectivity index (χ3n) is 8.33. The van der Waals surface area contributed by atoms with E-state index in [0.29, 0.717) is 0 Å². The molecule has 0 aliphatic rings. The van der Waals surface area contributed by atoms with E-state index in [-0.39, 0.29) is 76.7 Å². The number of carbonyl (C=O) groups excluding carboxylic acids is 1. The highest BCUT2D eigenvalue weighted by Gasteiger charge is 2.24. The van der Waals surface area contributed by atoms with Gasteiger partial charge in [-0.1, -0.05) is 24.3 Å². The second-order valence-electron chi connectivity index (χ2n) is 12.5. The van der Waals surface area contributed by atoms with E-state index in [1.165, 1.54) is 74.5 Å². The van der Waals surface area contributed by atoms with Crippen LogP contribution >= 0.6 is 0 Å². The Labute approximate surface area is 320 Å². The zero-order chi connectivity index (χ0) is 41.0. The summed E-state index contributed by atoms with van der Waals surface area (Å²) in [5.41, 5.74) is -0.0166. The van der Waals surface area contributed by atoms with Crippen molar-refractivity contribution in [1.29, 1.82) is 0 Å². The molecule has 21 heteroatoms. The van der Waals surface area contributed by atoms with E-state index in [9.17, 15) is 57.8 Å². The molecule has 0 spiro atoms. The van der Waals surface area contributed by atoms with E-state index in [1.807, 2.05) is 0 Å². The minimum Gasteiger partial charge on any atom is -0.508 e. The number of rotatable bonds is 10. The Morgan fingerprint density at radius 1 is 0.464 bits per heavy atom. The molecule has 0 aliphatic carbocycles. The summed E-state index contributed by atoms with van der Waals surface area (Å²) in [6.45, 7) is 2.94. The molecule has 0 fully saturated rings. The van der Waals surface area contributed by atoms with Gasteiger partial charge in [0.05, 0.1) is 21.2 Å². The largest absolute Gasteiger partial charge is 0.508 e. The predicted molar refractivity (Wildman–Crippen MR) is 207 cm³/mol. The van der Waals surface area contributed by atoms with Gasteiger partial charge in [0.1, 0.15) is 21.3 Å². The van der Waals surface area contributed by atoms with Crippen molar-refractivity contribution in [2.24, 2.45) is 0 Å². The molecule has 6 aromatic rings. The van der Waals surface area contributed by atoms with Gasteiger partial charge in [-0.25, -0.2) is 21.6 Å². The number of aryl methyl sites for hydroxylation is 2. The van der Waals surface area contributed by atoms with E-state index < -0.39 is 56.1 Å². The van der Waals surface area contributed by atoms with Crippen LogP contribution in [-0.2, 0) is 40.3 Å². The van der Waals surface area contributed by atoms with Gasteiger partial charge in [-0.3, -0.25) is 18.5 Å². The first-order valence-electron chi connectivity index (χ1n) is 15.8. The van der Waals surface area contributed by atoms with Gasteiger partial charge in [0, 0.05) is 22.1 Å². The first-order valence-corrected chi connectivity index (χ1v) is 21.7. The second-order valence-corrected chi connectivity index (χ2v) is 18.5. The Morgan fingerprint density at radius 2 is 0.821 bits per heavy atom. The van der Waals surface area contributed by atoms with Crippen molar-refractivity contribution in [2.45, 2.75) is 33.4 Å². The number of sulfonamides is 2. The van der Waals surface area contributed by atoms with Gasteiger partial charge in [-0.2, -0.15) is 16.8 Å². The Bertz CT molecular complexity index is 2880. The van der Waals surface area contributed by atoms with Crippen LogP contribution in [0.4, 0.5) is 27.5 Å². The number of nitrogens with one attached hydrogen (secondary N) is 4. The Balaban J connectivity index is 1.22. The number of anilines is 4. The highest BCUT2D eigenvalue weighted by molar-refractivity contribution is 7.93. The molecule has 0 heterocycles. The molecule has 2 amide bonds. The molecule has 6 aromatic carbocycles. The summed E-state index contributed by atoms with van der Waals surface area (Å²) in [7, 11) is -18.6. The molecular weight excluding hydrogens is 813 g/mol. The third kappa shape index (κ3) is 8.46. The molecule has 0 radical (unpaired) electrons. The number of fused-ring (bicyclic) bond motifs is 2. The summed E-state index contributed by atoms with van der Waals surface area (Å²) in [6.07, 6.45) is 0. The average molecular weight is 843 g/mol. The van der Waals surface area contributed by atoms with E-state index in [0.717, 1.165) is 36.4 Å². The normalized spacial score (nSPS) is 12.4. The van der Waals surface area contributed by atoms with E-state index in [1.54, 1.807) is 0 Å². The van der Waals surface area contributed by atoms with E-state index in [4.69, 9.17) is 0 Å².